The van der Waals surface area contributed by atoms with Crippen LogP contribution in [-0.4, -0.2) is 24.7 Å². The average Bonchev–Trinajstić information content (AvgIpc) is 1.83. The molecular weight excluding hydrogens is 154 g/mol. The maximum absolute atomic E-state index is 10.7. The molecule has 0 heterocycles. The van der Waals surface area contributed by atoms with Crippen LogP contribution in [0.15, 0.2) is 0 Å². The summed E-state index contributed by atoms with van der Waals surface area (Å²) in [5.41, 5.74) is 0.0832. The lowest BCUT2D eigenvalue weighted by molar-refractivity contribution is -0.142. The average molecular weight is 173 g/mol. The van der Waals surface area contributed by atoms with Crippen LogP contribution in [0, 0.1) is 11.3 Å². The van der Waals surface area contributed by atoms with E-state index >= 15 is 0 Å². The van der Waals surface area contributed by atoms with Crippen LogP contribution in [0.25, 0.3) is 0 Å². The minimum atomic E-state index is -0.709. The van der Waals surface area contributed by atoms with Crippen LogP contribution >= 0.6 is 0 Å². The summed E-state index contributed by atoms with van der Waals surface area (Å²) in [7, 11) is 1.78. The van der Waals surface area contributed by atoms with Gasteiger partial charge in [-0.05, 0) is 18.9 Å². The topological polar surface area (TPSA) is 49.3 Å². The molecule has 72 valence electrons. The van der Waals surface area contributed by atoms with E-state index in [-0.39, 0.29) is 11.3 Å². The fraction of sp³-hybridized carbons (Fsp3) is 0.889. The zero-order valence-corrected chi connectivity index (χ0v) is 8.35. The van der Waals surface area contributed by atoms with Gasteiger partial charge in [-0.1, -0.05) is 20.8 Å². The molecule has 0 aliphatic rings. The fourth-order valence-electron chi connectivity index (χ4n) is 1.23. The second-order valence-corrected chi connectivity index (χ2v) is 4.36. The Morgan fingerprint density at radius 2 is 2.00 bits per heavy atom. The Morgan fingerprint density at radius 1 is 1.50 bits per heavy atom. The lowest BCUT2D eigenvalue weighted by Crippen LogP contribution is -2.29. The molecule has 0 fully saturated rings. The van der Waals surface area contributed by atoms with Crippen molar-refractivity contribution in [1.82, 2.24) is 5.32 Å². The first kappa shape index (κ1) is 11.4. The molecule has 0 saturated heterocycles. The number of carboxylic acid groups (broad SMARTS) is 1. The molecule has 3 heteroatoms. The van der Waals surface area contributed by atoms with Crippen LogP contribution < -0.4 is 5.32 Å². The molecule has 1 atom stereocenters. The van der Waals surface area contributed by atoms with Crippen molar-refractivity contribution in [3.8, 4) is 0 Å². The van der Waals surface area contributed by atoms with Gasteiger partial charge >= 0.3 is 5.97 Å². The standard InChI is InChI=1S/C9H19NO2/c1-9(2,3)5-7(6-10-4)8(11)12/h7,10H,5-6H2,1-4H3,(H,11,12). The van der Waals surface area contributed by atoms with Crippen LogP contribution in [0.5, 0.6) is 0 Å². The van der Waals surface area contributed by atoms with Gasteiger partial charge in [-0.2, -0.15) is 0 Å². The first-order chi connectivity index (χ1) is 5.37. The summed E-state index contributed by atoms with van der Waals surface area (Å²) in [5, 5.41) is 11.7. The predicted molar refractivity (Wildman–Crippen MR) is 49.1 cm³/mol. The molecule has 0 rings (SSSR count). The smallest absolute Gasteiger partial charge is 0.307 e. The third kappa shape index (κ3) is 5.13. The van der Waals surface area contributed by atoms with E-state index in [0.29, 0.717) is 13.0 Å². The van der Waals surface area contributed by atoms with E-state index in [1.54, 1.807) is 7.05 Å². The molecule has 0 spiro atoms. The van der Waals surface area contributed by atoms with E-state index in [4.69, 9.17) is 5.11 Å². The number of carboxylic acids is 1. The molecular formula is C9H19NO2. The number of nitrogens with one attached hydrogen (secondary N) is 1. The Hall–Kier alpha value is -0.570. The Labute approximate surface area is 74.2 Å². The molecule has 0 aromatic carbocycles. The Morgan fingerprint density at radius 3 is 2.25 bits per heavy atom. The van der Waals surface area contributed by atoms with Crippen molar-refractivity contribution in [2.45, 2.75) is 27.2 Å². The van der Waals surface area contributed by atoms with Crippen molar-refractivity contribution in [3.05, 3.63) is 0 Å². The number of carbonyl (C=O) groups is 1. The summed E-state index contributed by atoms with van der Waals surface area (Å²) in [6, 6.07) is 0. The van der Waals surface area contributed by atoms with Gasteiger partial charge in [0.25, 0.3) is 0 Å². The maximum Gasteiger partial charge on any atom is 0.307 e. The van der Waals surface area contributed by atoms with E-state index < -0.39 is 5.97 Å². The van der Waals surface area contributed by atoms with E-state index in [0.717, 1.165) is 0 Å². The lowest BCUT2D eigenvalue weighted by Gasteiger charge is -2.22. The summed E-state index contributed by atoms with van der Waals surface area (Å²) in [5.74, 6) is -0.978. The van der Waals surface area contributed by atoms with Gasteiger partial charge in [-0.15, -0.1) is 0 Å². The second-order valence-electron chi connectivity index (χ2n) is 4.36. The highest BCUT2D eigenvalue weighted by atomic mass is 16.4. The van der Waals surface area contributed by atoms with E-state index in [1.807, 2.05) is 0 Å². The first-order valence-corrected chi connectivity index (χ1v) is 4.24. The monoisotopic (exact) mass is 173 g/mol. The molecule has 0 aromatic rings. The summed E-state index contributed by atoms with van der Waals surface area (Å²) in [6.45, 7) is 6.71. The number of rotatable bonds is 4. The SMILES string of the molecule is CNCC(CC(C)(C)C)C(=O)O. The molecule has 0 aliphatic carbocycles. The fourth-order valence-corrected chi connectivity index (χ4v) is 1.23. The summed E-state index contributed by atoms with van der Waals surface area (Å²) >= 11 is 0. The van der Waals surface area contributed by atoms with Crippen LogP contribution in [0.1, 0.15) is 27.2 Å². The van der Waals surface area contributed by atoms with E-state index in [9.17, 15) is 4.79 Å². The zero-order chi connectivity index (χ0) is 9.78. The van der Waals surface area contributed by atoms with Crippen molar-refractivity contribution >= 4 is 5.97 Å². The van der Waals surface area contributed by atoms with Gasteiger partial charge in [-0.25, -0.2) is 0 Å². The van der Waals surface area contributed by atoms with Gasteiger partial charge in [0.05, 0.1) is 5.92 Å². The summed E-state index contributed by atoms with van der Waals surface area (Å²) in [6.07, 6.45) is 0.711. The molecule has 0 saturated carbocycles. The minimum absolute atomic E-state index is 0.0832. The minimum Gasteiger partial charge on any atom is -0.481 e. The highest BCUT2D eigenvalue weighted by molar-refractivity contribution is 5.70. The Bertz CT molecular complexity index is 149. The third-order valence-corrected chi connectivity index (χ3v) is 1.66. The van der Waals surface area contributed by atoms with Gasteiger partial charge < -0.3 is 10.4 Å². The van der Waals surface area contributed by atoms with Crippen molar-refractivity contribution in [1.29, 1.82) is 0 Å². The van der Waals surface area contributed by atoms with Gasteiger partial charge in [0.1, 0.15) is 0 Å². The number of hydrogen-bond donors (Lipinski definition) is 2. The highest BCUT2D eigenvalue weighted by Crippen LogP contribution is 2.24. The van der Waals surface area contributed by atoms with E-state index in [2.05, 4.69) is 26.1 Å². The molecule has 0 aromatic heterocycles. The zero-order valence-electron chi connectivity index (χ0n) is 8.35. The van der Waals surface area contributed by atoms with Gasteiger partial charge in [0.15, 0.2) is 0 Å². The second kappa shape index (κ2) is 4.45. The number of aliphatic carboxylic acids is 1. The largest absolute Gasteiger partial charge is 0.481 e. The number of hydrogen-bond acceptors (Lipinski definition) is 2. The van der Waals surface area contributed by atoms with Crippen molar-refractivity contribution < 1.29 is 9.90 Å². The summed E-state index contributed by atoms with van der Waals surface area (Å²) < 4.78 is 0. The third-order valence-electron chi connectivity index (χ3n) is 1.66. The molecule has 3 nitrogen and oxygen atoms in total. The Kier molecular flexibility index (Phi) is 4.24. The van der Waals surface area contributed by atoms with Crippen molar-refractivity contribution in [3.63, 3.8) is 0 Å². The van der Waals surface area contributed by atoms with Gasteiger partial charge in [-0.3, -0.25) is 4.79 Å². The molecule has 0 amide bonds. The molecule has 12 heavy (non-hydrogen) atoms. The van der Waals surface area contributed by atoms with Crippen LogP contribution in [0.3, 0.4) is 0 Å². The van der Waals surface area contributed by atoms with Gasteiger partial charge in [0, 0.05) is 6.54 Å². The molecule has 0 bridgehead atoms. The first-order valence-electron chi connectivity index (χ1n) is 4.24. The Balaban J connectivity index is 4.05. The predicted octanol–water partition coefficient (Wildman–Crippen LogP) is 1.34. The summed E-state index contributed by atoms with van der Waals surface area (Å²) in [4.78, 5) is 10.7. The van der Waals surface area contributed by atoms with Crippen LogP contribution in [-0.2, 0) is 4.79 Å². The van der Waals surface area contributed by atoms with Crippen molar-refractivity contribution in [2.75, 3.05) is 13.6 Å². The van der Waals surface area contributed by atoms with Crippen molar-refractivity contribution in [2.24, 2.45) is 11.3 Å². The molecule has 0 radical (unpaired) electrons. The quantitative estimate of drug-likeness (QED) is 0.674. The lowest BCUT2D eigenvalue weighted by atomic mass is 9.84. The van der Waals surface area contributed by atoms with Gasteiger partial charge in [0.2, 0.25) is 0 Å². The highest BCUT2D eigenvalue weighted by Gasteiger charge is 2.23. The maximum atomic E-state index is 10.7. The molecule has 0 aliphatic heterocycles. The molecule has 2 N–H and O–H groups in total. The van der Waals surface area contributed by atoms with E-state index in [1.165, 1.54) is 0 Å². The molecule has 1 unspecified atom stereocenters. The normalized spacial score (nSPS) is 14.3. The van der Waals surface area contributed by atoms with Crippen LogP contribution in [0.4, 0.5) is 0 Å². The van der Waals surface area contributed by atoms with Crippen LogP contribution in [0.2, 0.25) is 0 Å².